The van der Waals surface area contributed by atoms with Crippen molar-refractivity contribution >= 4 is 0 Å². The molecule has 0 aromatic rings. The average molecular weight is 356 g/mol. The zero-order chi connectivity index (χ0) is 19.6. The van der Waals surface area contributed by atoms with Gasteiger partial charge in [0, 0.05) is 32.4 Å². The topological polar surface area (TPSA) is 27.7 Å². The number of hydrogen-bond acceptors (Lipinski definition) is 4. The van der Waals surface area contributed by atoms with E-state index < -0.39 is 0 Å². The summed E-state index contributed by atoms with van der Waals surface area (Å²) in [6, 6.07) is 0.990. The monoisotopic (exact) mass is 355 g/mol. The van der Waals surface area contributed by atoms with Gasteiger partial charge >= 0.3 is 0 Å². The lowest BCUT2D eigenvalue weighted by Crippen LogP contribution is -2.47. The van der Waals surface area contributed by atoms with Crippen molar-refractivity contribution in [2.75, 3.05) is 41.3 Å². The van der Waals surface area contributed by atoms with E-state index in [0.29, 0.717) is 23.9 Å². The molecule has 0 fully saturated rings. The van der Waals surface area contributed by atoms with E-state index in [1.165, 1.54) is 0 Å². The molecule has 0 rings (SSSR count). The summed E-state index contributed by atoms with van der Waals surface area (Å²) >= 11 is 0. The van der Waals surface area contributed by atoms with Gasteiger partial charge in [0.15, 0.2) is 0 Å². The standard InChI is InChI=1S/C21H45N3O/c1-11-17(5)21(20(12-2)25-10)24(9)18(6)15-22-14-13-19(16(3)4)23(7)8/h16-17,19-22H,6,11-15H2,1-5,7-10H3. The lowest BCUT2D eigenvalue weighted by molar-refractivity contribution is 0.00877. The van der Waals surface area contributed by atoms with Crippen molar-refractivity contribution in [2.45, 2.75) is 72.1 Å². The number of methoxy groups -OCH3 is 1. The SMILES string of the molecule is C=C(CNCCC(C(C)C)N(C)C)N(C)C(C(C)CC)C(CC)OC. The van der Waals surface area contributed by atoms with E-state index in [4.69, 9.17) is 4.74 Å². The fourth-order valence-electron chi connectivity index (χ4n) is 3.79. The van der Waals surface area contributed by atoms with E-state index in [1.807, 2.05) is 7.11 Å². The van der Waals surface area contributed by atoms with E-state index in [-0.39, 0.29) is 6.10 Å². The van der Waals surface area contributed by atoms with Gasteiger partial charge in [-0.2, -0.15) is 0 Å². The van der Waals surface area contributed by atoms with Gasteiger partial charge in [-0.1, -0.05) is 47.6 Å². The van der Waals surface area contributed by atoms with Crippen molar-refractivity contribution in [3.8, 4) is 0 Å². The first kappa shape index (κ1) is 24.4. The lowest BCUT2D eigenvalue weighted by Gasteiger charge is -2.40. The molecule has 4 nitrogen and oxygen atoms in total. The first-order valence-corrected chi connectivity index (χ1v) is 10.0. The predicted molar refractivity (Wildman–Crippen MR) is 111 cm³/mol. The Kier molecular flexibility index (Phi) is 12.4. The molecule has 0 saturated heterocycles. The fraction of sp³-hybridized carbons (Fsp3) is 0.905. The number of hydrogen-bond donors (Lipinski definition) is 1. The number of rotatable bonds is 14. The summed E-state index contributed by atoms with van der Waals surface area (Å²) in [4.78, 5) is 4.67. The molecule has 4 unspecified atom stereocenters. The minimum atomic E-state index is 0.246. The molecule has 0 aromatic heterocycles. The van der Waals surface area contributed by atoms with Gasteiger partial charge in [-0.3, -0.25) is 0 Å². The third kappa shape index (κ3) is 8.10. The van der Waals surface area contributed by atoms with Crippen LogP contribution in [0.2, 0.25) is 0 Å². The van der Waals surface area contributed by atoms with Gasteiger partial charge in [-0.25, -0.2) is 0 Å². The third-order valence-electron chi connectivity index (χ3n) is 5.64. The van der Waals surface area contributed by atoms with Gasteiger partial charge < -0.3 is 19.9 Å². The van der Waals surface area contributed by atoms with Crippen LogP contribution in [0.15, 0.2) is 12.3 Å². The molecule has 0 aromatic carbocycles. The Bertz CT molecular complexity index is 345. The van der Waals surface area contributed by atoms with Gasteiger partial charge in [0.25, 0.3) is 0 Å². The van der Waals surface area contributed by atoms with Crippen LogP contribution in [0, 0.1) is 11.8 Å². The number of nitrogens with zero attached hydrogens (tertiary/aromatic N) is 2. The highest BCUT2D eigenvalue weighted by atomic mass is 16.5. The van der Waals surface area contributed by atoms with E-state index in [2.05, 4.69) is 77.5 Å². The second-order valence-electron chi connectivity index (χ2n) is 7.98. The molecule has 25 heavy (non-hydrogen) atoms. The van der Waals surface area contributed by atoms with Crippen LogP contribution in [0.1, 0.15) is 53.9 Å². The summed E-state index contributed by atoms with van der Waals surface area (Å²) in [5.74, 6) is 1.25. The smallest absolute Gasteiger partial charge is 0.0774 e. The summed E-state index contributed by atoms with van der Waals surface area (Å²) in [5, 5.41) is 3.58. The Morgan fingerprint density at radius 3 is 2.08 bits per heavy atom. The zero-order valence-corrected chi connectivity index (χ0v) is 18.4. The molecular formula is C21H45N3O. The van der Waals surface area contributed by atoms with Crippen LogP contribution in [0.5, 0.6) is 0 Å². The zero-order valence-electron chi connectivity index (χ0n) is 18.4. The maximum Gasteiger partial charge on any atom is 0.0774 e. The molecule has 0 saturated carbocycles. The molecule has 4 atom stereocenters. The molecule has 0 aliphatic rings. The highest BCUT2D eigenvalue weighted by Gasteiger charge is 2.29. The van der Waals surface area contributed by atoms with Gasteiger partial charge in [-0.05, 0) is 45.3 Å². The van der Waals surface area contributed by atoms with Crippen LogP contribution >= 0.6 is 0 Å². The molecule has 0 heterocycles. The molecule has 0 aliphatic heterocycles. The van der Waals surface area contributed by atoms with Crippen LogP contribution in [0.3, 0.4) is 0 Å². The van der Waals surface area contributed by atoms with Gasteiger partial charge in [0.05, 0.1) is 12.1 Å². The number of nitrogens with one attached hydrogen (secondary N) is 1. The number of likely N-dealkylation sites (N-methyl/N-ethyl adjacent to an activating group) is 1. The van der Waals surface area contributed by atoms with Crippen molar-refractivity contribution in [2.24, 2.45) is 11.8 Å². The maximum atomic E-state index is 5.76. The summed E-state index contributed by atoms with van der Waals surface area (Å²) in [6.45, 7) is 17.5. The normalized spacial score (nSPS) is 16.8. The van der Waals surface area contributed by atoms with Gasteiger partial charge in [0.1, 0.15) is 0 Å². The molecule has 0 radical (unpaired) electrons. The summed E-state index contributed by atoms with van der Waals surface area (Å²) in [7, 11) is 8.33. The van der Waals surface area contributed by atoms with Crippen molar-refractivity contribution in [3.63, 3.8) is 0 Å². The minimum absolute atomic E-state index is 0.246. The lowest BCUT2D eigenvalue weighted by atomic mass is 9.91. The van der Waals surface area contributed by atoms with Crippen LogP contribution in [-0.2, 0) is 4.74 Å². The Morgan fingerprint density at radius 2 is 1.68 bits per heavy atom. The molecule has 0 spiro atoms. The summed E-state index contributed by atoms with van der Waals surface area (Å²) < 4.78 is 5.76. The second kappa shape index (κ2) is 12.7. The van der Waals surface area contributed by atoms with Crippen LogP contribution < -0.4 is 5.32 Å². The van der Waals surface area contributed by atoms with Gasteiger partial charge in [-0.15, -0.1) is 0 Å². The van der Waals surface area contributed by atoms with Crippen molar-refractivity contribution in [1.82, 2.24) is 15.1 Å². The number of ether oxygens (including phenoxy) is 1. The first-order chi connectivity index (χ1) is 11.7. The summed E-state index contributed by atoms with van der Waals surface area (Å²) in [6.07, 6.45) is 3.58. The molecule has 0 amide bonds. The van der Waals surface area contributed by atoms with E-state index in [9.17, 15) is 0 Å². The van der Waals surface area contributed by atoms with E-state index in [1.54, 1.807) is 0 Å². The van der Waals surface area contributed by atoms with Crippen molar-refractivity contribution < 1.29 is 4.74 Å². The third-order valence-corrected chi connectivity index (χ3v) is 5.64. The average Bonchev–Trinajstić information content (AvgIpc) is 2.57. The molecule has 4 heteroatoms. The van der Waals surface area contributed by atoms with E-state index in [0.717, 1.165) is 38.0 Å². The van der Waals surface area contributed by atoms with Crippen molar-refractivity contribution in [1.29, 1.82) is 0 Å². The molecule has 0 aliphatic carbocycles. The van der Waals surface area contributed by atoms with E-state index >= 15 is 0 Å². The predicted octanol–water partition coefficient (Wildman–Crippen LogP) is 3.84. The van der Waals surface area contributed by atoms with Crippen LogP contribution in [-0.4, -0.2) is 69.3 Å². The highest BCUT2D eigenvalue weighted by molar-refractivity contribution is 5.00. The largest absolute Gasteiger partial charge is 0.379 e. The quantitative estimate of drug-likeness (QED) is 0.479. The molecular weight excluding hydrogens is 310 g/mol. The highest BCUT2D eigenvalue weighted by Crippen LogP contribution is 2.23. The molecule has 1 N–H and O–H groups in total. The fourth-order valence-corrected chi connectivity index (χ4v) is 3.79. The first-order valence-electron chi connectivity index (χ1n) is 10.0. The van der Waals surface area contributed by atoms with Gasteiger partial charge in [0.2, 0.25) is 0 Å². The molecule has 0 bridgehead atoms. The Balaban J connectivity index is 4.60. The Labute approximate surface area is 158 Å². The second-order valence-corrected chi connectivity index (χ2v) is 7.98. The van der Waals surface area contributed by atoms with Crippen molar-refractivity contribution in [3.05, 3.63) is 12.3 Å². The molecule has 150 valence electrons. The summed E-state index contributed by atoms with van der Waals surface area (Å²) in [5.41, 5.74) is 1.15. The van der Waals surface area contributed by atoms with Crippen LogP contribution in [0.4, 0.5) is 0 Å². The maximum absolute atomic E-state index is 5.76. The minimum Gasteiger partial charge on any atom is -0.379 e. The Hall–Kier alpha value is -0.580. The van der Waals surface area contributed by atoms with Crippen LogP contribution in [0.25, 0.3) is 0 Å². The Morgan fingerprint density at radius 1 is 1.08 bits per heavy atom.